The van der Waals surface area contributed by atoms with E-state index in [2.05, 4.69) is 34.4 Å². The van der Waals surface area contributed by atoms with Crippen molar-refractivity contribution in [1.82, 2.24) is 15.0 Å². The molecule has 0 saturated heterocycles. The van der Waals surface area contributed by atoms with E-state index in [1.54, 1.807) is 17.1 Å². The molecule has 146 valence electrons. The van der Waals surface area contributed by atoms with Crippen LogP contribution >= 0.6 is 0 Å². The second-order valence-corrected chi connectivity index (χ2v) is 6.79. The Morgan fingerprint density at radius 3 is 2.21 bits per heavy atom. The zero-order valence-electron chi connectivity index (χ0n) is 16.5. The lowest BCUT2D eigenvalue weighted by Crippen LogP contribution is -2.11. The van der Waals surface area contributed by atoms with Crippen molar-refractivity contribution in [3.8, 4) is 11.4 Å². The van der Waals surface area contributed by atoms with Crippen molar-refractivity contribution in [2.75, 3.05) is 6.61 Å². The molecule has 0 spiro atoms. The van der Waals surface area contributed by atoms with Crippen molar-refractivity contribution in [3.63, 3.8) is 0 Å². The second kappa shape index (κ2) is 10.3. The lowest BCUT2D eigenvalue weighted by atomic mass is 10.0. The van der Waals surface area contributed by atoms with Crippen molar-refractivity contribution < 1.29 is 4.74 Å². The minimum atomic E-state index is 0.625. The Balaban J connectivity index is 1.53. The highest BCUT2D eigenvalue weighted by Crippen LogP contribution is 2.23. The van der Waals surface area contributed by atoms with E-state index in [1.165, 1.54) is 19.3 Å². The van der Waals surface area contributed by atoms with E-state index in [1.807, 2.05) is 48.5 Å². The number of hydrogen-bond acceptors (Lipinski definition) is 5. The van der Waals surface area contributed by atoms with Gasteiger partial charge in [-0.15, -0.1) is 5.10 Å². The number of nitrogens with zero attached hydrogens (tertiary/aromatic N) is 5. The van der Waals surface area contributed by atoms with Gasteiger partial charge in [0, 0.05) is 0 Å². The van der Waals surface area contributed by atoms with E-state index in [0.29, 0.717) is 5.92 Å². The van der Waals surface area contributed by atoms with Crippen molar-refractivity contribution >= 4 is 11.4 Å². The number of benzene rings is 2. The van der Waals surface area contributed by atoms with Crippen LogP contribution in [0.25, 0.3) is 5.69 Å². The average Bonchev–Trinajstić information content (AvgIpc) is 3.28. The molecule has 0 aliphatic rings. The molecule has 0 radical (unpaired) electrons. The average molecular weight is 377 g/mol. The summed E-state index contributed by atoms with van der Waals surface area (Å²) >= 11 is 0. The fourth-order valence-electron chi connectivity index (χ4n) is 2.85. The van der Waals surface area contributed by atoms with Gasteiger partial charge in [0.2, 0.25) is 0 Å². The van der Waals surface area contributed by atoms with Crippen molar-refractivity contribution in [2.45, 2.75) is 39.5 Å². The molecule has 28 heavy (non-hydrogen) atoms. The van der Waals surface area contributed by atoms with Crippen LogP contribution in [0.4, 0.5) is 11.4 Å². The molecular formula is C22H27N5O. The number of ether oxygens (including phenoxy) is 1. The summed E-state index contributed by atoms with van der Waals surface area (Å²) in [6.45, 7) is 5.23. The summed E-state index contributed by atoms with van der Waals surface area (Å²) in [5, 5.41) is 16.4. The molecular weight excluding hydrogens is 350 g/mol. The van der Waals surface area contributed by atoms with E-state index in [-0.39, 0.29) is 0 Å². The first kappa shape index (κ1) is 19.7. The van der Waals surface area contributed by atoms with E-state index in [4.69, 9.17) is 4.74 Å². The number of aromatic nitrogens is 3. The maximum Gasteiger partial charge on any atom is 0.119 e. The van der Waals surface area contributed by atoms with E-state index >= 15 is 0 Å². The van der Waals surface area contributed by atoms with Crippen molar-refractivity contribution in [3.05, 3.63) is 60.9 Å². The van der Waals surface area contributed by atoms with Crippen molar-refractivity contribution in [1.29, 1.82) is 0 Å². The van der Waals surface area contributed by atoms with Gasteiger partial charge < -0.3 is 4.74 Å². The summed E-state index contributed by atoms with van der Waals surface area (Å²) in [6.07, 6.45) is 8.33. The van der Waals surface area contributed by atoms with Gasteiger partial charge in [-0.05, 0) is 60.9 Å². The van der Waals surface area contributed by atoms with Crippen LogP contribution in [0.3, 0.4) is 0 Å². The number of unbranched alkanes of at least 4 members (excludes halogenated alkanes) is 1. The third-order valence-corrected chi connectivity index (χ3v) is 4.68. The lowest BCUT2D eigenvalue weighted by molar-refractivity contribution is 0.233. The Morgan fingerprint density at radius 2 is 1.64 bits per heavy atom. The fourth-order valence-corrected chi connectivity index (χ4v) is 2.85. The van der Waals surface area contributed by atoms with E-state index in [9.17, 15) is 0 Å². The SMILES string of the molecule is CCCCC(CC)COc1ccc(N=Nc2ccc(-n3ccnn3)cc2)cc1. The molecule has 0 fully saturated rings. The highest BCUT2D eigenvalue weighted by atomic mass is 16.5. The lowest BCUT2D eigenvalue weighted by Gasteiger charge is -2.15. The summed E-state index contributed by atoms with van der Waals surface area (Å²) in [7, 11) is 0. The van der Waals surface area contributed by atoms with Crippen LogP contribution in [0.2, 0.25) is 0 Å². The quantitative estimate of drug-likeness (QED) is 0.391. The van der Waals surface area contributed by atoms with Gasteiger partial charge in [0.05, 0.1) is 36.1 Å². The molecule has 2 aromatic carbocycles. The summed E-state index contributed by atoms with van der Waals surface area (Å²) in [4.78, 5) is 0. The van der Waals surface area contributed by atoms with Crippen LogP contribution in [-0.4, -0.2) is 21.6 Å². The van der Waals surface area contributed by atoms with Gasteiger partial charge in [0.15, 0.2) is 0 Å². The number of rotatable bonds is 10. The first-order valence-corrected chi connectivity index (χ1v) is 9.90. The van der Waals surface area contributed by atoms with Crippen LogP contribution in [0, 0.1) is 5.92 Å². The smallest absolute Gasteiger partial charge is 0.119 e. The number of azo groups is 1. The molecule has 0 bridgehead atoms. The monoisotopic (exact) mass is 377 g/mol. The summed E-state index contributed by atoms with van der Waals surface area (Å²) < 4.78 is 7.64. The predicted octanol–water partition coefficient (Wildman–Crippen LogP) is 6.28. The molecule has 0 N–H and O–H groups in total. The first-order chi connectivity index (χ1) is 13.8. The van der Waals surface area contributed by atoms with E-state index in [0.717, 1.165) is 35.8 Å². The highest BCUT2D eigenvalue weighted by Gasteiger charge is 2.07. The summed E-state index contributed by atoms with van der Waals surface area (Å²) in [5.41, 5.74) is 2.51. The van der Waals surface area contributed by atoms with Gasteiger partial charge in [-0.3, -0.25) is 0 Å². The van der Waals surface area contributed by atoms with Crippen LogP contribution in [0.5, 0.6) is 5.75 Å². The van der Waals surface area contributed by atoms with Crippen LogP contribution in [-0.2, 0) is 0 Å². The first-order valence-electron chi connectivity index (χ1n) is 9.90. The third-order valence-electron chi connectivity index (χ3n) is 4.68. The standard InChI is InChI=1S/C22H27N5O/c1-3-5-6-18(4-2)17-28-22-13-9-20(10-14-22)25-24-19-7-11-21(12-8-19)27-16-15-23-26-27/h7-16,18H,3-6,17H2,1-2H3. The topological polar surface area (TPSA) is 64.7 Å². The molecule has 6 nitrogen and oxygen atoms in total. The fraction of sp³-hybridized carbons (Fsp3) is 0.364. The van der Waals surface area contributed by atoms with Gasteiger partial charge in [-0.1, -0.05) is 38.3 Å². The molecule has 0 amide bonds. The minimum Gasteiger partial charge on any atom is -0.493 e. The summed E-state index contributed by atoms with van der Waals surface area (Å²) in [5.74, 6) is 1.51. The van der Waals surface area contributed by atoms with Crippen LogP contribution in [0.1, 0.15) is 39.5 Å². The summed E-state index contributed by atoms with van der Waals surface area (Å²) in [6, 6.07) is 15.4. The Labute approximate surface area is 166 Å². The van der Waals surface area contributed by atoms with Gasteiger partial charge >= 0.3 is 0 Å². The molecule has 1 atom stereocenters. The molecule has 3 aromatic rings. The van der Waals surface area contributed by atoms with Gasteiger partial charge in [0.1, 0.15) is 5.75 Å². The zero-order valence-corrected chi connectivity index (χ0v) is 16.5. The molecule has 1 unspecified atom stereocenters. The minimum absolute atomic E-state index is 0.625. The Morgan fingerprint density at radius 1 is 0.964 bits per heavy atom. The Kier molecular flexibility index (Phi) is 7.29. The second-order valence-electron chi connectivity index (χ2n) is 6.79. The third kappa shape index (κ3) is 5.74. The predicted molar refractivity (Wildman–Crippen MR) is 111 cm³/mol. The number of hydrogen-bond donors (Lipinski definition) is 0. The van der Waals surface area contributed by atoms with Gasteiger partial charge in [-0.2, -0.15) is 10.2 Å². The maximum atomic E-state index is 5.94. The highest BCUT2D eigenvalue weighted by molar-refractivity contribution is 5.45. The van der Waals surface area contributed by atoms with Crippen molar-refractivity contribution in [2.24, 2.45) is 16.1 Å². The molecule has 0 aliphatic carbocycles. The normalized spacial score (nSPS) is 12.4. The van der Waals surface area contributed by atoms with E-state index < -0.39 is 0 Å². The van der Waals surface area contributed by atoms with Crippen LogP contribution in [0.15, 0.2) is 71.2 Å². The van der Waals surface area contributed by atoms with Crippen LogP contribution < -0.4 is 4.74 Å². The Bertz CT molecular complexity index is 842. The zero-order chi connectivity index (χ0) is 19.6. The molecule has 0 aliphatic heterocycles. The Hall–Kier alpha value is -3.02. The van der Waals surface area contributed by atoms with Gasteiger partial charge in [-0.25, -0.2) is 4.68 Å². The molecule has 0 saturated carbocycles. The largest absolute Gasteiger partial charge is 0.493 e. The molecule has 3 rings (SSSR count). The van der Waals surface area contributed by atoms with Gasteiger partial charge in [0.25, 0.3) is 0 Å². The molecule has 6 heteroatoms. The molecule has 1 aromatic heterocycles. The molecule has 1 heterocycles. The maximum absolute atomic E-state index is 5.94.